The minimum atomic E-state index is -4.58. The number of aromatic nitrogens is 2. The van der Waals surface area contributed by atoms with E-state index in [0.717, 1.165) is 35.3 Å². The molecule has 39 heavy (non-hydrogen) atoms. The van der Waals surface area contributed by atoms with Gasteiger partial charge in [0.15, 0.2) is 0 Å². The lowest BCUT2D eigenvalue weighted by atomic mass is 9.98. The Labute approximate surface area is 229 Å². The van der Waals surface area contributed by atoms with Crippen LogP contribution in [0.15, 0.2) is 36.4 Å². The Balaban J connectivity index is 0.000000306. The largest absolute Gasteiger partial charge is 0.477 e. The minimum absolute atomic E-state index is 0.0283. The highest BCUT2D eigenvalue weighted by Crippen LogP contribution is 2.37. The van der Waals surface area contributed by atoms with Gasteiger partial charge in [0.2, 0.25) is 5.13 Å². The van der Waals surface area contributed by atoms with Crippen molar-refractivity contribution in [3.05, 3.63) is 67.7 Å². The van der Waals surface area contributed by atoms with E-state index in [-0.39, 0.29) is 28.0 Å². The van der Waals surface area contributed by atoms with Crippen LogP contribution in [0.25, 0.3) is 0 Å². The summed E-state index contributed by atoms with van der Waals surface area (Å²) in [6.07, 6.45) is -4.58. The predicted octanol–water partition coefficient (Wildman–Crippen LogP) is 6.37. The summed E-state index contributed by atoms with van der Waals surface area (Å²) in [5, 5.41) is 31.5. The van der Waals surface area contributed by atoms with Gasteiger partial charge in [-0.1, -0.05) is 43.7 Å². The van der Waals surface area contributed by atoms with Crippen molar-refractivity contribution in [2.45, 2.75) is 32.4 Å². The van der Waals surface area contributed by atoms with Crippen LogP contribution in [0.5, 0.6) is 11.5 Å². The first-order chi connectivity index (χ1) is 17.9. The highest BCUT2D eigenvalue weighted by molar-refractivity contribution is 7.15. The van der Waals surface area contributed by atoms with Crippen LogP contribution in [-0.4, -0.2) is 46.3 Å². The molecule has 2 amide bonds. The zero-order valence-corrected chi connectivity index (χ0v) is 22.7. The summed E-state index contributed by atoms with van der Waals surface area (Å²) in [4.78, 5) is 33.7. The molecule has 3 aromatic rings. The van der Waals surface area contributed by atoms with E-state index in [4.69, 9.17) is 21.4 Å². The Morgan fingerprint density at radius 2 is 1.79 bits per heavy atom. The number of urea groups is 1. The van der Waals surface area contributed by atoms with Gasteiger partial charge in [-0.2, -0.15) is 13.2 Å². The zero-order valence-electron chi connectivity index (χ0n) is 21.2. The molecule has 0 aliphatic rings. The molecule has 0 radical (unpaired) electrons. The fraction of sp³-hybridized carbons (Fsp3) is 0.304. The Morgan fingerprint density at radius 1 is 1.15 bits per heavy atom. The number of carbonyl (C=O) groups is 2. The lowest BCUT2D eigenvalue weighted by Gasteiger charge is -2.13. The van der Waals surface area contributed by atoms with E-state index < -0.39 is 33.9 Å². The molecule has 16 heteroatoms. The van der Waals surface area contributed by atoms with Gasteiger partial charge in [-0.25, -0.2) is 9.59 Å². The second-order valence-corrected chi connectivity index (χ2v) is 10.1. The van der Waals surface area contributed by atoms with E-state index >= 15 is 0 Å². The van der Waals surface area contributed by atoms with Gasteiger partial charge in [-0.3, -0.25) is 15.0 Å². The lowest BCUT2D eigenvalue weighted by molar-refractivity contribution is -0.385. The molecule has 0 aliphatic carbocycles. The van der Waals surface area contributed by atoms with Crippen LogP contribution >= 0.6 is 22.9 Å². The minimum Gasteiger partial charge on any atom is -0.477 e. The fourth-order valence-corrected chi connectivity index (χ4v) is 3.79. The number of alkyl halides is 3. The topological polar surface area (TPSA) is 148 Å². The van der Waals surface area contributed by atoms with Crippen molar-refractivity contribution in [2.75, 3.05) is 19.0 Å². The highest BCUT2D eigenvalue weighted by atomic mass is 35.5. The Bertz CT molecular complexity index is 1380. The average molecular weight is 590 g/mol. The molecule has 0 saturated heterocycles. The van der Waals surface area contributed by atoms with E-state index in [1.165, 1.54) is 16.2 Å². The molecule has 0 spiro atoms. The van der Waals surface area contributed by atoms with E-state index in [9.17, 15) is 32.9 Å². The third-order valence-corrected chi connectivity index (χ3v) is 6.46. The summed E-state index contributed by atoms with van der Waals surface area (Å²) >= 11 is 7.15. The lowest BCUT2D eigenvalue weighted by Crippen LogP contribution is -2.34. The SMILES string of the molecule is CNC(=O)N(C)c1nnc(C(C)(C)C)s1.O=C(O)c1cc(Oc2ccc(C(F)(F)F)cc2Cl)ccc1[N+](=O)[O-]. The van der Waals surface area contributed by atoms with Crippen molar-refractivity contribution in [3.63, 3.8) is 0 Å². The van der Waals surface area contributed by atoms with Gasteiger partial charge in [-0.15, -0.1) is 10.2 Å². The van der Waals surface area contributed by atoms with Gasteiger partial charge in [0.25, 0.3) is 5.69 Å². The van der Waals surface area contributed by atoms with Gasteiger partial charge in [0, 0.05) is 31.6 Å². The molecular weight excluding hydrogens is 567 g/mol. The quantitative estimate of drug-likeness (QED) is 0.258. The maximum absolute atomic E-state index is 12.6. The van der Waals surface area contributed by atoms with Crippen molar-refractivity contribution >= 4 is 45.8 Å². The van der Waals surface area contributed by atoms with Crippen molar-refractivity contribution in [1.29, 1.82) is 0 Å². The summed E-state index contributed by atoms with van der Waals surface area (Å²) in [6, 6.07) is 5.08. The molecule has 1 heterocycles. The molecular formula is C23H23ClF3N5O6S. The molecule has 0 aliphatic heterocycles. The third-order valence-electron chi connectivity index (χ3n) is 4.74. The van der Waals surface area contributed by atoms with Crippen molar-refractivity contribution in [3.8, 4) is 11.5 Å². The van der Waals surface area contributed by atoms with Gasteiger partial charge < -0.3 is 15.2 Å². The molecule has 1 aromatic heterocycles. The monoisotopic (exact) mass is 589 g/mol. The summed E-state index contributed by atoms with van der Waals surface area (Å²) in [6.45, 7) is 6.20. The zero-order chi connectivity index (χ0) is 29.7. The van der Waals surface area contributed by atoms with Crippen LogP contribution < -0.4 is 15.0 Å². The smallest absolute Gasteiger partial charge is 0.416 e. The molecule has 0 fully saturated rings. The molecule has 0 saturated carbocycles. The summed E-state index contributed by atoms with van der Waals surface area (Å²) < 4.78 is 42.9. The number of hydrogen-bond acceptors (Lipinski definition) is 8. The van der Waals surface area contributed by atoms with E-state index in [2.05, 4.69) is 36.3 Å². The molecule has 2 aromatic carbocycles. The number of nitrogens with zero attached hydrogens (tertiary/aromatic N) is 4. The number of halogens is 4. The first kappa shape index (κ1) is 31.2. The van der Waals surface area contributed by atoms with Crippen molar-refractivity contribution in [2.24, 2.45) is 0 Å². The highest BCUT2D eigenvalue weighted by Gasteiger charge is 2.31. The number of nitro groups is 1. The standard InChI is InChI=1S/C14H7ClF3NO5.C9H16N4OS/c15-10-5-7(14(16,17)18)1-4-12(10)24-8-2-3-11(19(22)23)9(6-8)13(20)21;1-9(2,3)6-11-12-8(15-6)13(5)7(14)10-4/h1-6H,(H,20,21);1-5H3,(H,10,14). The maximum Gasteiger partial charge on any atom is 0.416 e. The molecule has 3 rings (SSSR count). The average Bonchev–Trinajstić information content (AvgIpc) is 3.35. The molecule has 2 N–H and O–H groups in total. The van der Waals surface area contributed by atoms with Crippen LogP contribution in [0.1, 0.15) is 41.7 Å². The molecule has 210 valence electrons. The number of benzene rings is 2. The summed E-state index contributed by atoms with van der Waals surface area (Å²) in [5.41, 5.74) is -2.27. The van der Waals surface area contributed by atoms with Crippen LogP contribution in [0.2, 0.25) is 5.02 Å². The van der Waals surface area contributed by atoms with E-state index in [1.54, 1.807) is 14.1 Å². The first-order valence-electron chi connectivity index (χ1n) is 10.8. The molecule has 0 atom stereocenters. The maximum atomic E-state index is 12.6. The van der Waals surface area contributed by atoms with Gasteiger partial charge in [0.1, 0.15) is 22.1 Å². The summed E-state index contributed by atoms with van der Waals surface area (Å²) in [7, 11) is 3.26. The second kappa shape index (κ2) is 12.3. The number of rotatable bonds is 5. The van der Waals surface area contributed by atoms with Crippen LogP contribution in [0, 0.1) is 10.1 Å². The number of amides is 2. The molecule has 11 nitrogen and oxygen atoms in total. The number of carbonyl (C=O) groups excluding carboxylic acids is 1. The number of nitrogens with one attached hydrogen (secondary N) is 1. The number of carboxylic acids is 1. The molecule has 0 unspecified atom stereocenters. The summed E-state index contributed by atoms with van der Waals surface area (Å²) in [5.74, 6) is -1.83. The normalized spacial score (nSPS) is 11.2. The number of nitro benzene ring substituents is 1. The van der Waals surface area contributed by atoms with Crippen LogP contribution in [0.3, 0.4) is 0 Å². The van der Waals surface area contributed by atoms with Gasteiger partial charge >= 0.3 is 18.2 Å². The number of anilines is 1. The molecule has 0 bridgehead atoms. The number of hydrogen-bond donors (Lipinski definition) is 2. The van der Waals surface area contributed by atoms with E-state index in [1.807, 2.05) is 0 Å². The Morgan fingerprint density at radius 3 is 2.26 bits per heavy atom. The van der Waals surface area contributed by atoms with Crippen molar-refractivity contribution in [1.82, 2.24) is 15.5 Å². The van der Waals surface area contributed by atoms with E-state index in [0.29, 0.717) is 11.2 Å². The van der Waals surface area contributed by atoms with Crippen LogP contribution in [-0.2, 0) is 11.6 Å². The number of carboxylic acid groups (broad SMARTS) is 1. The van der Waals surface area contributed by atoms with Crippen molar-refractivity contribution < 1.29 is 37.5 Å². The third kappa shape index (κ3) is 8.25. The van der Waals surface area contributed by atoms with Gasteiger partial charge in [-0.05, 0) is 24.3 Å². The first-order valence-corrected chi connectivity index (χ1v) is 12.0. The second-order valence-electron chi connectivity index (χ2n) is 8.74. The van der Waals surface area contributed by atoms with Gasteiger partial charge in [0.05, 0.1) is 15.5 Å². The number of ether oxygens (including phenoxy) is 1. The predicted molar refractivity (Wildman–Crippen MR) is 138 cm³/mol. The Kier molecular flexibility index (Phi) is 9.81. The fourth-order valence-electron chi connectivity index (χ4n) is 2.70. The Hall–Kier alpha value is -3.98. The number of aromatic carboxylic acids is 1. The van der Waals surface area contributed by atoms with Crippen LogP contribution in [0.4, 0.5) is 28.8 Å².